The van der Waals surface area contributed by atoms with Crippen LogP contribution in [-0.4, -0.2) is 28.4 Å². The van der Waals surface area contributed by atoms with Gasteiger partial charge < -0.3 is 10.6 Å². The van der Waals surface area contributed by atoms with Crippen LogP contribution in [0.3, 0.4) is 0 Å². The topological polar surface area (TPSA) is 113 Å². The van der Waals surface area contributed by atoms with Crippen molar-refractivity contribution in [2.45, 2.75) is 13.3 Å². The van der Waals surface area contributed by atoms with Gasteiger partial charge in [-0.3, -0.25) is 25.0 Å². The molecular weight excluding hydrogens is 392 g/mol. The average molecular weight is 412 g/mol. The van der Waals surface area contributed by atoms with Crippen molar-refractivity contribution in [3.63, 3.8) is 0 Å². The summed E-state index contributed by atoms with van der Waals surface area (Å²) < 4.78 is 0. The van der Waals surface area contributed by atoms with Crippen LogP contribution in [0.5, 0.6) is 0 Å². The Balaban J connectivity index is 1.85. The molecule has 150 valence electrons. The summed E-state index contributed by atoms with van der Waals surface area (Å²) in [7, 11) is 0. The molecule has 0 saturated carbocycles. The van der Waals surface area contributed by atoms with Crippen molar-refractivity contribution in [2.75, 3.05) is 11.9 Å². The van der Waals surface area contributed by atoms with Gasteiger partial charge in [-0.05, 0) is 66.7 Å². The number of non-ortho nitro benzene ring substituents is 1. The number of nitrogens with zero attached hydrogens (tertiary/aromatic N) is 1. The number of hydrogen-bond donors (Lipinski definition) is 3. The van der Waals surface area contributed by atoms with E-state index < -0.39 is 10.8 Å². The van der Waals surface area contributed by atoms with Gasteiger partial charge in [0.15, 0.2) is 5.11 Å². The molecular formula is C20H20N4O4S. The summed E-state index contributed by atoms with van der Waals surface area (Å²) in [6, 6.07) is 12.5. The van der Waals surface area contributed by atoms with Crippen LogP contribution in [0, 0.1) is 10.1 Å². The second-order valence-corrected chi connectivity index (χ2v) is 6.37. The molecule has 0 fully saturated rings. The normalized spacial score (nSPS) is 10.4. The molecule has 2 aromatic rings. The Labute approximate surface area is 173 Å². The first-order valence-corrected chi connectivity index (χ1v) is 9.22. The fourth-order valence-corrected chi connectivity index (χ4v) is 2.46. The van der Waals surface area contributed by atoms with Crippen LogP contribution >= 0.6 is 12.2 Å². The number of nitrogens with one attached hydrogen (secondary N) is 3. The third-order valence-corrected chi connectivity index (χ3v) is 3.91. The number of amides is 2. The van der Waals surface area contributed by atoms with Crippen molar-refractivity contribution in [3.8, 4) is 0 Å². The first-order chi connectivity index (χ1) is 13.9. The van der Waals surface area contributed by atoms with E-state index in [1.54, 1.807) is 24.3 Å². The van der Waals surface area contributed by atoms with Gasteiger partial charge in [0, 0.05) is 36.0 Å². The molecule has 8 nitrogen and oxygen atoms in total. The third kappa shape index (κ3) is 7.15. The number of benzene rings is 2. The molecule has 2 rings (SSSR count). The fourth-order valence-electron chi connectivity index (χ4n) is 2.24. The second-order valence-electron chi connectivity index (χ2n) is 5.96. The highest BCUT2D eigenvalue weighted by Gasteiger charge is 2.06. The molecule has 0 aliphatic heterocycles. The Morgan fingerprint density at radius 1 is 1.10 bits per heavy atom. The van der Waals surface area contributed by atoms with Gasteiger partial charge in [-0.15, -0.1) is 0 Å². The van der Waals surface area contributed by atoms with E-state index in [2.05, 4.69) is 16.0 Å². The van der Waals surface area contributed by atoms with Crippen LogP contribution < -0.4 is 16.0 Å². The summed E-state index contributed by atoms with van der Waals surface area (Å²) in [6.07, 6.45) is 3.65. The zero-order valence-electron chi connectivity index (χ0n) is 15.7. The SMILES string of the molecule is CCCNC(=O)c1ccc(NC(=S)NC(=O)/C=C/c2ccc([N+](=O)[O-])cc2)cc1. The van der Waals surface area contributed by atoms with Gasteiger partial charge in [-0.2, -0.15) is 0 Å². The molecule has 0 bridgehead atoms. The van der Waals surface area contributed by atoms with Crippen LogP contribution in [0.2, 0.25) is 0 Å². The lowest BCUT2D eigenvalue weighted by Gasteiger charge is -2.09. The lowest BCUT2D eigenvalue weighted by Crippen LogP contribution is -2.32. The van der Waals surface area contributed by atoms with Crippen molar-refractivity contribution in [1.29, 1.82) is 0 Å². The number of nitro groups is 1. The minimum atomic E-state index is -0.492. The number of hydrogen-bond acceptors (Lipinski definition) is 5. The van der Waals surface area contributed by atoms with Crippen LogP contribution in [0.25, 0.3) is 6.08 Å². The molecule has 0 spiro atoms. The lowest BCUT2D eigenvalue weighted by atomic mass is 10.2. The van der Waals surface area contributed by atoms with Crippen LogP contribution in [0.1, 0.15) is 29.3 Å². The van der Waals surface area contributed by atoms with E-state index >= 15 is 0 Å². The summed E-state index contributed by atoms with van der Waals surface area (Å²) in [5.74, 6) is -0.595. The van der Waals surface area contributed by atoms with E-state index in [1.807, 2.05) is 6.92 Å². The Hall–Kier alpha value is -3.59. The van der Waals surface area contributed by atoms with Crippen LogP contribution in [-0.2, 0) is 4.79 Å². The van der Waals surface area contributed by atoms with Crippen molar-refractivity contribution in [2.24, 2.45) is 0 Å². The third-order valence-electron chi connectivity index (χ3n) is 3.71. The molecule has 2 aromatic carbocycles. The average Bonchev–Trinajstić information content (AvgIpc) is 2.71. The Kier molecular flexibility index (Phi) is 7.99. The molecule has 9 heteroatoms. The quantitative estimate of drug-likeness (QED) is 0.278. The predicted molar refractivity (Wildman–Crippen MR) is 116 cm³/mol. The van der Waals surface area contributed by atoms with E-state index in [-0.39, 0.29) is 16.7 Å². The fraction of sp³-hybridized carbons (Fsp3) is 0.150. The van der Waals surface area contributed by atoms with Gasteiger partial charge in [0.25, 0.3) is 11.6 Å². The number of anilines is 1. The lowest BCUT2D eigenvalue weighted by molar-refractivity contribution is -0.384. The smallest absolute Gasteiger partial charge is 0.269 e. The van der Waals surface area contributed by atoms with E-state index in [4.69, 9.17) is 12.2 Å². The maximum atomic E-state index is 11.9. The summed E-state index contributed by atoms with van der Waals surface area (Å²) in [6.45, 7) is 2.59. The molecule has 3 N–H and O–H groups in total. The minimum Gasteiger partial charge on any atom is -0.352 e. The predicted octanol–water partition coefficient (Wildman–Crippen LogP) is 3.26. The Morgan fingerprint density at radius 2 is 1.76 bits per heavy atom. The standard InChI is InChI=1S/C20H20N4O4S/c1-2-13-21-19(26)15-6-8-16(9-7-15)22-20(29)23-18(25)12-5-14-3-10-17(11-4-14)24(27)28/h3-12H,2,13H2,1H3,(H,21,26)(H2,22,23,25,29)/b12-5+. The summed E-state index contributed by atoms with van der Waals surface area (Å²) >= 11 is 5.10. The second kappa shape index (κ2) is 10.7. The molecule has 0 heterocycles. The Bertz CT molecular complexity index is 925. The number of thiocarbonyl (C=S) groups is 1. The van der Waals surface area contributed by atoms with Crippen molar-refractivity contribution in [3.05, 3.63) is 75.8 Å². The molecule has 2 amide bonds. The number of carbonyl (C=O) groups is 2. The number of rotatable bonds is 7. The largest absolute Gasteiger partial charge is 0.352 e. The van der Waals surface area contributed by atoms with Gasteiger partial charge in [-0.25, -0.2) is 0 Å². The zero-order valence-corrected chi connectivity index (χ0v) is 16.5. The summed E-state index contributed by atoms with van der Waals surface area (Å²) in [5.41, 5.74) is 1.78. The zero-order chi connectivity index (χ0) is 21.2. The first kappa shape index (κ1) is 21.7. The minimum absolute atomic E-state index is 0.0224. The number of nitro benzene ring substituents is 1. The highest BCUT2D eigenvalue weighted by molar-refractivity contribution is 7.80. The summed E-state index contributed by atoms with van der Waals surface area (Å²) in [5, 5.41) is 18.9. The molecule has 0 aliphatic carbocycles. The van der Waals surface area contributed by atoms with Crippen molar-refractivity contribution in [1.82, 2.24) is 10.6 Å². The molecule has 0 atom stereocenters. The van der Waals surface area contributed by atoms with E-state index in [9.17, 15) is 19.7 Å². The number of carbonyl (C=O) groups excluding carboxylic acids is 2. The van der Waals surface area contributed by atoms with Gasteiger partial charge in [-0.1, -0.05) is 6.92 Å². The Morgan fingerprint density at radius 3 is 2.34 bits per heavy atom. The molecule has 29 heavy (non-hydrogen) atoms. The van der Waals surface area contributed by atoms with Crippen LogP contribution in [0.4, 0.5) is 11.4 Å². The molecule has 0 saturated heterocycles. The maximum absolute atomic E-state index is 11.9. The van der Waals surface area contributed by atoms with Crippen LogP contribution in [0.15, 0.2) is 54.6 Å². The van der Waals surface area contributed by atoms with E-state index in [1.165, 1.54) is 36.4 Å². The van der Waals surface area contributed by atoms with Crippen molar-refractivity contribution < 1.29 is 14.5 Å². The van der Waals surface area contributed by atoms with E-state index in [0.717, 1.165) is 6.42 Å². The van der Waals surface area contributed by atoms with Gasteiger partial charge in [0.1, 0.15) is 0 Å². The maximum Gasteiger partial charge on any atom is 0.269 e. The monoisotopic (exact) mass is 412 g/mol. The molecule has 0 radical (unpaired) electrons. The van der Waals surface area contributed by atoms with Gasteiger partial charge >= 0.3 is 0 Å². The van der Waals surface area contributed by atoms with Crippen molar-refractivity contribution >= 4 is 46.6 Å². The summed E-state index contributed by atoms with van der Waals surface area (Å²) in [4.78, 5) is 34.0. The van der Waals surface area contributed by atoms with Gasteiger partial charge in [0.2, 0.25) is 5.91 Å². The molecule has 0 unspecified atom stereocenters. The highest BCUT2D eigenvalue weighted by atomic mass is 32.1. The van der Waals surface area contributed by atoms with Gasteiger partial charge in [0.05, 0.1) is 4.92 Å². The highest BCUT2D eigenvalue weighted by Crippen LogP contribution is 2.13. The molecule has 0 aromatic heterocycles. The van der Waals surface area contributed by atoms with E-state index in [0.29, 0.717) is 23.4 Å². The first-order valence-electron chi connectivity index (χ1n) is 8.82. The molecule has 0 aliphatic rings.